The largest absolute Gasteiger partial charge is 0.271 e. The number of nitrogens with one attached hydrogen (secondary N) is 1. The summed E-state index contributed by atoms with van der Waals surface area (Å²) in [5, 5.41) is 0. The van der Waals surface area contributed by atoms with Crippen LogP contribution in [0.3, 0.4) is 0 Å². The summed E-state index contributed by atoms with van der Waals surface area (Å²) in [7, 11) is 0. The van der Waals surface area contributed by atoms with E-state index in [0.717, 1.165) is 22.3 Å². The summed E-state index contributed by atoms with van der Waals surface area (Å²) < 4.78 is 14.3. The van der Waals surface area contributed by atoms with E-state index in [-0.39, 0.29) is 11.9 Å². The molecule has 100 valence electrons. The number of benzene rings is 2. The molecule has 0 spiro atoms. The van der Waals surface area contributed by atoms with Crippen molar-refractivity contribution in [3.63, 3.8) is 0 Å². The van der Waals surface area contributed by atoms with Gasteiger partial charge in [-0.3, -0.25) is 5.84 Å². The lowest BCUT2D eigenvalue weighted by molar-refractivity contribution is 0.555. The zero-order valence-corrected chi connectivity index (χ0v) is 11.5. The molecule has 0 bridgehead atoms. The number of hydrogen-bond acceptors (Lipinski definition) is 2. The maximum Gasteiger partial charge on any atom is 0.128 e. The second-order valence-corrected chi connectivity index (χ2v) is 4.93. The van der Waals surface area contributed by atoms with Crippen molar-refractivity contribution in [2.24, 2.45) is 5.84 Å². The minimum Gasteiger partial charge on any atom is -0.271 e. The number of halogens is 1. The van der Waals surface area contributed by atoms with E-state index in [1.165, 1.54) is 0 Å². The van der Waals surface area contributed by atoms with Crippen LogP contribution in [-0.2, 0) is 0 Å². The Morgan fingerprint density at radius 3 is 2.32 bits per heavy atom. The quantitative estimate of drug-likeness (QED) is 0.655. The van der Waals surface area contributed by atoms with E-state index in [1.807, 2.05) is 51.1 Å². The standard InChI is InChI=1S/C16H19FN2/c1-10-8-12(3)15(14(17)9-10)16(19-18)13-7-5-4-6-11(13)2/h4-9,16,19H,18H2,1-3H3. The van der Waals surface area contributed by atoms with Crippen molar-refractivity contribution in [2.75, 3.05) is 0 Å². The van der Waals surface area contributed by atoms with Crippen molar-refractivity contribution >= 4 is 0 Å². The number of hydrazine groups is 1. The Kier molecular flexibility index (Phi) is 3.98. The average molecular weight is 258 g/mol. The highest BCUT2D eigenvalue weighted by molar-refractivity contribution is 5.42. The van der Waals surface area contributed by atoms with Gasteiger partial charge in [-0.05, 0) is 49.1 Å². The van der Waals surface area contributed by atoms with Gasteiger partial charge < -0.3 is 0 Å². The predicted octanol–water partition coefficient (Wildman–Crippen LogP) is 3.30. The Morgan fingerprint density at radius 1 is 1.05 bits per heavy atom. The molecular formula is C16H19FN2. The van der Waals surface area contributed by atoms with Gasteiger partial charge >= 0.3 is 0 Å². The van der Waals surface area contributed by atoms with Crippen molar-refractivity contribution in [2.45, 2.75) is 26.8 Å². The first-order valence-electron chi connectivity index (χ1n) is 6.33. The third-order valence-corrected chi connectivity index (χ3v) is 3.44. The van der Waals surface area contributed by atoms with E-state index in [1.54, 1.807) is 6.07 Å². The molecule has 0 heterocycles. The summed E-state index contributed by atoms with van der Waals surface area (Å²) in [5.41, 5.74) is 7.26. The van der Waals surface area contributed by atoms with Crippen molar-refractivity contribution < 1.29 is 4.39 Å². The molecule has 0 saturated carbocycles. The van der Waals surface area contributed by atoms with Crippen LogP contribution in [0.5, 0.6) is 0 Å². The first kappa shape index (κ1) is 13.7. The molecule has 3 heteroatoms. The molecule has 0 aliphatic heterocycles. The monoisotopic (exact) mass is 258 g/mol. The highest BCUT2D eigenvalue weighted by Gasteiger charge is 2.20. The molecule has 0 aliphatic rings. The Balaban J connectivity index is 2.58. The Bertz CT molecular complexity index is 570. The summed E-state index contributed by atoms with van der Waals surface area (Å²) >= 11 is 0. The summed E-state index contributed by atoms with van der Waals surface area (Å²) in [6, 6.07) is 11.1. The van der Waals surface area contributed by atoms with E-state index < -0.39 is 0 Å². The molecule has 2 rings (SSSR count). The summed E-state index contributed by atoms with van der Waals surface area (Å²) in [4.78, 5) is 0. The van der Waals surface area contributed by atoms with E-state index in [2.05, 4.69) is 5.43 Å². The van der Waals surface area contributed by atoms with Gasteiger partial charge in [-0.2, -0.15) is 0 Å². The lowest BCUT2D eigenvalue weighted by Gasteiger charge is -2.22. The van der Waals surface area contributed by atoms with Crippen LogP contribution in [0.2, 0.25) is 0 Å². The second kappa shape index (κ2) is 5.51. The zero-order chi connectivity index (χ0) is 14.0. The number of nitrogens with two attached hydrogens (primary N) is 1. The molecule has 3 N–H and O–H groups in total. The second-order valence-electron chi connectivity index (χ2n) is 4.93. The van der Waals surface area contributed by atoms with Crippen molar-refractivity contribution in [1.29, 1.82) is 0 Å². The molecule has 0 aromatic heterocycles. The molecule has 2 nitrogen and oxygen atoms in total. The van der Waals surface area contributed by atoms with Crippen LogP contribution in [-0.4, -0.2) is 0 Å². The van der Waals surface area contributed by atoms with Crippen LogP contribution < -0.4 is 11.3 Å². The van der Waals surface area contributed by atoms with E-state index in [9.17, 15) is 4.39 Å². The van der Waals surface area contributed by atoms with Crippen LogP contribution in [0.4, 0.5) is 4.39 Å². The topological polar surface area (TPSA) is 38.0 Å². The Labute approximate surface area is 113 Å². The molecule has 2 aromatic carbocycles. The van der Waals surface area contributed by atoms with Gasteiger partial charge in [0.15, 0.2) is 0 Å². The maximum absolute atomic E-state index is 14.3. The van der Waals surface area contributed by atoms with Gasteiger partial charge in [0, 0.05) is 5.56 Å². The predicted molar refractivity (Wildman–Crippen MR) is 76.2 cm³/mol. The first-order valence-corrected chi connectivity index (χ1v) is 6.33. The zero-order valence-electron chi connectivity index (χ0n) is 11.5. The smallest absolute Gasteiger partial charge is 0.128 e. The van der Waals surface area contributed by atoms with E-state index in [4.69, 9.17) is 5.84 Å². The van der Waals surface area contributed by atoms with Gasteiger partial charge in [-0.25, -0.2) is 9.82 Å². The molecule has 0 fully saturated rings. The van der Waals surface area contributed by atoms with Gasteiger partial charge in [0.1, 0.15) is 5.82 Å². The fourth-order valence-electron chi connectivity index (χ4n) is 2.53. The minimum atomic E-state index is -0.332. The van der Waals surface area contributed by atoms with Crippen LogP contribution in [0.15, 0.2) is 36.4 Å². The Morgan fingerprint density at radius 2 is 1.74 bits per heavy atom. The molecule has 0 saturated heterocycles. The molecule has 2 aromatic rings. The molecule has 1 unspecified atom stereocenters. The summed E-state index contributed by atoms with van der Waals surface area (Å²) in [6.45, 7) is 5.80. The van der Waals surface area contributed by atoms with Crippen molar-refractivity contribution in [1.82, 2.24) is 5.43 Å². The third-order valence-electron chi connectivity index (χ3n) is 3.44. The summed E-state index contributed by atoms with van der Waals surface area (Å²) in [5.74, 6) is 5.45. The van der Waals surface area contributed by atoms with Gasteiger partial charge in [0.2, 0.25) is 0 Å². The molecule has 1 atom stereocenters. The molecule has 0 radical (unpaired) electrons. The number of hydrogen-bond donors (Lipinski definition) is 2. The van der Waals surface area contributed by atoms with Gasteiger partial charge in [-0.1, -0.05) is 30.3 Å². The minimum absolute atomic E-state index is 0.219. The highest BCUT2D eigenvalue weighted by atomic mass is 19.1. The van der Waals surface area contributed by atoms with Crippen LogP contribution in [0.1, 0.15) is 33.9 Å². The lowest BCUT2D eigenvalue weighted by atomic mass is 9.91. The fourth-order valence-corrected chi connectivity index (χ4v) is 2.53. The van der Waals surface area contributed by atoms with Crippen LogP contribution in [0, 0.1) is 26.6 Å². The SMILES string of the molecule is Cc1cc(C)c(C(NN)c2ccccc2C)c(F)c1. The Hall–Kier alpha value is -1.71. The van der Waals surface area contributed by atoms with Crippen LogP contribution >= 0.6 is 0 Å². The lowest BCUT2D eigenvalue weighted by Crippen LogP contribution is -2.30. The summed E-state index contributed by atoms with van der Waals surface area (Å²) in [6.07, 6.45) is 0. The van der Waals surface area contributed by atoms with Crippen molar-refractivity contribution in [3.05, 3.63) is 70.0 Å². The third kappa shape index (κ3) is 2.67. The molecule has 0 amide bonds. The molecule has 19 heavy (non-hydrogen) atoms. The number of rotatable bonds is 3. The highest BCUT2D eigenvalue weighted by Crippen LogP contribution is 2.29. The maximum atomic E-state index is 14.3. The molecule has 0 aliphatic carbocycles. The first-order chi connectivity index (χ1) is 9.04. The molecular weight excluding hydrogens is 239 g/mol. The van der Waals surface area contributed by atoms with Gasteiger partial charge in [-0.15, -0.1) is 0 Å². The van der Waals surface area contributed by atoms with E-state index in [0.29, 0.717) is 5.56 Å². The normalized spacial score (nSPS) is 12.5. The average Bonchev–Trinajstić information content (AvgIpc) is 2.34. The van der Waals surface area contributed by atoms with E-state index >= 15 is 0 Å². The van der Waals surface area contributed by atoms with Crippen LogP contribution in [0.25, 0.3) is 0 Å². The van der Waals surface area contributed by atoms with Gasteiger partial charge in [0.05, 0.1) is 6.04 Å². The number of aryl methyl sites for hydroxylation is 3. The van der Waals surface area contributed by atoms with Crippen molar-refractivity contribution in [3.8, 4) is 0 Å². The fraction of sp³-hybridized carbons (Fsp3) is 0.250. The van der Waals surface area contributed by atoms with Gasteiger partial charge in [0.25, 0.3) is 0 Å².